The molecule has 0 heterocycles. The summed E-state index contributed by atoms with van der Waals surface area (Å²) in [7, 11) is 0. The molecule has 1 aliphatic rings. The number of hydrogen-bond donors (Lipinski definition) is 1. The molecule has 1 saturated carbocycles. The van der Waals surface area contributed by atoms with Crippen LogP contribution in [0.15, 0.2) is 24.3 Å². The first-order valence-corrected chi connectivity index (χ1v) is 4.66. The first-order chi connectivity index (χ1) is 6.18. The fourth-order valence-corrected chi connectivity index (χ4v) is 1.94. The van der Waals surface area contributed by atoms with E-state index < -0.39 is 5.60 Å². The molecule has 0 radical (unpaired) electrons. The maximum absolute atomic E-state index is 13.3. The normalized spacial score (nSPS) is 31.8. The van der Waals surface area contributed by atoms with Gasteiger partial charge in [-0.3, -0.25) is 0 Å². The zero-order valence-electron chi connectivity index (χ0n) is 7.63. The average Bonchev–Trinajstić information content (AvgIpc) is 2.79. The van der Waals surface area contributed by atoms with E-state index in [4.69, 9.17) is 0 Å². The van der Waals surface area contributed by atoms with Crippen molar-refractivity contribution < 1.29 is 9.50 Å². The van der Waals surface area contributed by atoms with Crippen molar-refractivity contribution in [1.29, 1.82) is 0 Å². The quantitative estimate of drug-likeness (QED) is 0.741. The van der Waals surface area contributed by atoms with Crippen molar-refractivity contribution in [2.24, 2.45) is 5.92 Å². The first kappa shape index (κ1) is 8.70. The summed E-state index contributed by atoms with van der Waals surface area (Å²) in [5.74, 6) is -0.0506. The monoisotopic (exact) mass is 180 g/mol. The average molecular weight is 180 g/mol. The van der Waals surface area contributed by atoms with Crippen molar-refractivity contribution in [3.63, 3.8) is 0 Å². The van der Waals surface area contributed by atoms with Crippen molar-refractivity contribution >= 4 is 0 Å². The predicted molar refractivity (Wildman–Crippen MR) is 48.7 cm³/mol. The second kappa shape index (κ2) is 2.81. The van der Waals surface area contributed by atoms with Crippen LogP contribution < -0.4 is 0 Å². The lowest BCUT2D eigenvalue weighted by Gasteiger charge is -2.10. The summed E-state index contributed by atoms with van der Waals surface area (Å²) < 4.78 is 13.3. The van der Waals surface area contributed by atoms with Gasteiger partial charge in [0.15, 0.2) is 0 Å². The third-order valence-corrected chi connectivity index (χ3v) is 2.91. The SMILES string of the molecule is CCC1CC1(O)c1ccccc1F. The second-order valence-electron chi connectivity index (χ2n) is 3.71. The third kappa shape index (κ3) is 1.25. The molecule has 1 N–H and O–H groups in total. The molecule has 0 aliphatic heterocycles. The van der Waals surface area contributed by atoms with Crippen LogP contribution in [-0.4, -0.2) is 5.11 Å². The molecule has 0 spiro atoms. The Hall–Kier alpha value is -0.890. The van der Waals surface area contributed by atoms with Gasteiger partial charge in [-0.2, -0.15) is 0 Å². The Kier molecular flexibility index (Phi) is 1.88. The summed E-state index contributed by atoms with van der Waals surface area (Å²) in [6, 6.07) is 6.48. The minimum atomic E-state index is -0.875. The van der Waals surface area contributed by atoms with E-state index in [-0.39, 0.29) is 11.7 Å². The van der Waals surface area contributed by atoms with Crippen molar-refractivity contribution in [2.45, 2.75) is 25.4 Å². The number of rotatable bonds is 2. The summed E-state index contributed by atoms with van der Waals surface area (Å²) in [5, 5.41) is 10.0. The lowest BCUT2D eigenvalue weighted by atomic mass is 10.0. The van der Waals surface area contributed by atoms with Crippen molar-refractivity contribution in [3.05, 3.63) is 35.6 Å². The molecule has 2 atom stereocenters. The van der Waals surface area contributed by atoms with Crippen molar-refractivity contribution in [1.82, 2.24) is 0 Å². The van der Waals surface area contributed by atoms with Gasteiger partial charge >= 0.3 is 0 Å². The van der Waals surface area contributed by atoms with Crippen LogP contribution in [0.5, 0.6) is 0 Å². The summed E-state index contributed by atoms with van der Waals surface area (Å²) in [5.41, 5.74) is -0.415. The van der Waals surface area contributed by atoms with E-state index in [9.17, 15) is 9.50 Å². The topological polar surface area (TPSA) is 20.2 Å². The molecule has 1 fully saturated rings. The Morgan fingerprint density at radius 2 is 2.23 bits per heavy atom. The highest BCUT2D eigenvalue weighted by atomic mass is 19.1. The van der Waals surface area contributed by atoms with Gasteiger partial charge in [0.05, 0.1) is 5.60 Å². The van der Waals surface area contributed by atoms with Gasteiger partial charge < -0.3 is 5.11 Å². The van der Waals surface area contributed by atoms with E-state index >= 15 is 0 Å². The van der Waals surface area contributed by atoms with Crippen LogP contribution in [-0.2, 0) is 5.60 Å². The first-order valence-electron chi connectivity index (χ1n) is 4.66. The molecule has 13 heavy (non-hydrogen) atoms. The highest BCUT2D eigenvalue weighted by Gasteiger charge is 2.53. The van der Waals surface area contributed by atoms with Crippen LogP contribution in [0.3, 0.4) is 0 Å². The van der Waals surface area contributed by atoms with Crippen LogP contribution in [0.25, 0.3) is 0 Å². The number of halogens is 1. The van der Waals surface area contributed by atoms with Gasteiger partial charge in [0.25, 0.3) is 0 Å². The lowest BCUT2D eigenvalue weighted by molar-refractivity contribution is 0.126. The maximum atomic E-state index is 13.3. The summed E-state index contributed by atoms with van der Waals surface area (Å²) in [4.78, 5) is 0. The zero-order valence-corrected chi connectivity index (χ0v) is 7.63. The predicted octanol–water partition coefficient (Wildman–Crippen LogP) is 2.44. The Balaban J connectivity index is 2.32. The van der Waals surface area contributed by atoms with Crippen LogP contribution >= 0.6 is 0 Å². The summed E-state index contributed by atoms with van der Waals surface area (Å²) >= 11 is 0. The van der Waals surface area contributed by atoms with Gasteiger partial charge in [-0.25, -0.2) is 4.39 Å². The minimum Gasteiger partial charge on any atom is -0.385 e. The van der Waals surface area contributed by atoms with Gasteiger partial charge in [-0.15, -0.1) is 0 Å². The number of benzene rings is 1. The second-order valence-corrected chi connectivity index (χ2v) is 3.71. The minimum absolute atomic E-state index is 0.240. The van der Waals surface area contributed by atoms with Crippen LogP contribution in [0.4, 0.5) is 4.39 Å². The van der Waals surface area contributed by atoms with Gasteiger partial charge in [-0.05, 0) is 18.4 Å². The fraction of sp³-hybridized carbons (Fsp3) is 0.455. The highest BCUT2D eigenvalue weighted by molar-refractivity contribution is 5.30. The third-order valence-electron chi connectivity index (χ3n) is 2.91. The molecule has 0 bridgehead atoms. The van der Waals surface area contributed by atoms with Gasteiger partial charge in [-0.1, -0.05) is 31.5 Å². The summed E-state index contributed by atoms with van der Waals surface area (Å²) in [6.45, 7) is 2.02. The van der Waals surface area contributed by atoms with E-state index in [1.54, 1.807) is 18.2 Å². The maximum Gasteiger partial charge on any atom is 0.129 e. The summed E-state index contributed by atoms with van der Waals surface area (Å²) in [6.07, 6.45) is 1.61. The van der Waals surface area contributed by atoms with Crippen LogP contribution in [0.2, 0.25) is 0 Å². The molecule has 1 aliphatic carbocycles. The van der Waals surface area contributed by atoms with E-state index in [2.05, 4.69) is 0 Å². The molecular formula is C11H13FO. The number of hydrogen-bond acceptors (Lipinski definition) is 1. The Bertz CT molecular complexity index is 324. The number of aliphatic hydroxyl groups is 1. The van der Waals surface area contributed by atoms with Gasteiger partial charge in [0.2, 0.25) is 0 Å². The Morgan fingerprint density at radius 3 is 2.77 bits per heavy atom. The largest absolute Gasteiger partial charge is 0.385 e. The molecule has 0 saturated heterocycles. The van der Waals surface area contributed by atoms with E-state index in [1.807, 2.05) is 6.92 Å². The standard InChI is InChI=1S/C11H13FO/c1-2-8-7-11(8,13)9-5-3-4-6-10(9)12/h3-6,8,13H,2,7H2,1H3. The Labute approximate surface area is 77.2 Å². The van der Waals surface area contributed by atoms with Crippen LogP contribution in [0.1, 0.15) is 25.3 Å². The highest BCUT2D eigenvalue weighted by Crippen LogP contribution is 2.54. The molecule has 1 nitrogen and oxygen atoms in total. The van der Waals surface area contributed by atoms with E-state index in [0.29, 0.717) is 12.0 Å². The molecule has 0 aromatic heterocycles. The van der Waals surface area contributed by atoms with Gasteiger partial charge in [0.1, 0.15) is 5.82 Å². The van der Waals surface area contributed by atoms with Crippen LogP contribution in [0, 0.1) is 11.7 Å². The molecule has 1 aromatic rings. The molecule has 2 rings (SSSR count). The molecule has 1 aromatic carbocycles. The fourth-order valence-electron chi connectivity index (χ4n) is 1.94. The van der Waals surface area contributed by atoms with E-state index in [0.717, 1.165) is 6.42 Å². The lowest BCUT2D eigenvalue weighted by Crippen LogP contribution is -2.10. The molecule has 70 valence electrons. The van der Waals surface area contributed by atoms with Crippen molar-refractivity contribution in [2.75, 3.05) is 0 Å². The molecule has 0 amide bonds. The zero-order chi connectivity index (χ0) is 9.47. The Morgan fingerprint density at radius 1 is 1.54 bits per heavy atom. The molecule has 2 heteroatoms. The van der Waals surface area contributed by atoms with Crippen molar-refractivity contribution in [3.8, 4) is 0 Å². The smallest absolute Gasteiger partial charge is 0.129 e. The van der Waals surface area contributed by atoms with E-state index in [1.165, 1.54) is 6.07 Å². The molecule has 2 unspecified atom stereocenters. The molecular weight excluding hydrogens is 167 g/mol. The van der Waals surface area contributed by atoms with Gasteiger partial charge in [0, 0.05) is 5.56 Å².